The second-order valence-electron chi connectivity index (χ2n) is 5.23. The van der Waals surface area contributed by atoms with Gasteiger partial charge in [-0.15, -0.1) is 0 Å². The van der Waals surface area contributed by atoms with Gasteiger partial charge in [-0.3, -0.25) is 4.79 Å². The van der Waals surface area contributed by atoms with Gasteiger partial charge >= 0.3 is 0 Å². The van der Waals surface area contributed by atoms with Crippen LogP contribution in [0.5, 0.6) is 11.5 Å². The summed E-state index contributed by atoms with van der Waals surface area (Å²) in [5.74, 6) is 1.50. The standard InChI is InChI=1S/C15H19ClO3/c1-9(2)10(3)15(17)11-7-13-14(8-12(11)16)19-6-4-5-18-13/h7-10H,4-6H2,1-3H3. The van der Waals surface area contributed by atoms with E-state index >= 15 is 0 Å². The fraction of sp³-hybridized carbons (Fsp3) is 0.533. The minimum atomic E-state index is -0.0674. The van der Waals surface area contributed by atoms with Crippen molar-refractivity contribution < 1.29 is 14.3 Å². The van der Waals surface area contributed by atoms with E-state index in [1.807, 2.05) is 20.8 Å². The molecule has 1 unspecified atom stereocenters. The Labute approximate surface area is 118 Å². The molecule has 0 bridgehead atoms. The number of fused-ring (bicyclic) bond motifs is 1. The van der Waals surface area contributed by atoms with E-state index in [1.54, 1.807) is 12.1 Å². The maximum Gasteiger partial charge on any atom is 0.167 e. The van der Waals surface area contributed by atoms with Crippen LogP contribution in [-0.4, -0.2) is 19.0 Å². The lowest BCUT2D eigenvalue weighted by atomic mass is 9.89. The molecule has 0 aliphatic carbocycles. The van der Waals surface area contributed by atoms with Crippen molar-refractivity contribution in [3.05, 3.63) is 22.7 Å². The average Bonchev–Trinajstić information content (AvgIpc) is 2.60. The number of rotatable bonds is 3. The van der Waals surface area contributed by atoms with Crippen LogP contribution in [0, 0.1) is 11.8 Å². The number of halogens is 1. The van der Waals surface area contributed by atoms with Crippen molar-refractivity contribution in [2.24, 2.45) is 11.8 Å². The highest BCUT2D eigenvalue weighted by Gasteiger charge is 2.23. The Balaban J connectivity index is 2.36. The second-order valence-corrected chi connectivity index (χ2v) is 5.63. The van der Waals surface area contributed by atoms with Crippen molar-refractivity contribution in [2.45, 2.75) is 27.2 Å². The Kier molecular flexibility index (Phi) is 4.35. The van der Waals surface area contributed by atoms with Gasteiger partial charge in [-0.25, -0.2) is 0 Å². The molecule has 0 aromatic heterocycles. The van der Waals surface area contributed by atoms with Gasteiger partial charge in [0.25, 0.3) is 0 Å². The first-order valence-electron chi connectivity index (χ1n) is 6.64. The SMILES string of the molecule is CC(C)C(C)C(=O)c1cc2c(cc1Cl)OCCCO2. The highest BCUT2D eigenvalue weighted by atomic mass is 35.5. The highest BCUT2D eigenvalue weighted by molar-refractivity contribution is 6.34. The number of hydrogen-bond donors (Lipinski definition) is 0. The zero-order valence-electron chi connectivity index (χ0n) is 11.5. The lowest BCUT2D eigenvalue weighted by Gasteiger charge is -2.16. The van der Waals surface area contributed by atoms with Gasteiger partial charge in [0, 0.05) is 24.0 Å². The first-order valence-corrected chi connectivity index (χ1v) is 7.02. The number of carbonyl (C=O) groups excluding carboxylic acids is 1. The summed E-state index contributed by atoms with van der Waals surface area (Å²) in [6.45, 7) is 7.19. The van der Waals surface area contributed by atoms with E-state index in [9.17, 15) is 4.79 Å². The maximum atomic E-state index is 12.4. The molecular formula is C15H19ClO3. The Morgan fingerprint density at radius 1 is 1.16 bits per heavy atom. The molecule has 1 aliphatic rings. The van der Waals surface area contributed by atoms with E-state index in [0.29, 0.717) is 35.3 Å². The van der Waals surface area contributed by atoms with Crippen molar-refractivity contribution in [2.75, 3.05) is 13.2 Å². The van der Waals surface area contributed by atoms with Crippen LogP contribution in [0.2, 0.25) is 5.02 Å². The number of benzene rings is 1. The highest BCUT2D eigenvalue weighted by Crippen LogP contribution is 2.36. The predicted octanol–water partition coefficient (Wildman–Crippen LogP) is 3.98. The van der Waals surface area contributed by atoms with E-state index in [4.69, 9.17) is 21.1 Å². The largest absolute Gasteiger partial charge is 0.490 e. The van der Waals surface area contributed by atoms with E-state index in [0.717, 1.165) is 6.42 Å². The summed E-state index contributed by atoms with van der Waals surface area (Å²) in [6.07, 6.45) is 0.831. The monoisotopic (exact) mass is 282 g/mol. The van der Waals surface area contributed by atoms with Crippen LogP contribution in [0.15, 0.2) is 12.1 Å². The molecule has 104 valence electrons. The zero-order chi connectivity index (χ0) is 14.0. The molecule has 1 aliphatic heterocycles. The number of Topliss-reactive ketones (excluding diaryl/α,β-unsaturated/α-hetero) is 1. The molecule has 0 fully saturated rings. The molecule has 0 amide bonds. The summed E-state index contributed by atoms with van der Waals surface area (Å²) >= 11 is 6.20. The van der Waals surface area contributed by atoms with Crippen LogP contribution in [0.1, 0.15) is 37.6 Å². The molecule has 2 rings (SSSR count). The Hall–Kier alpha value is -1.22. The summed E-state index contributed by atoms with van der Waals surface area (Å²) in [6, 6.07) is 3.40. The van der Waals surface area contributed by atoms with Crippen LogP contribution >= 0.6 is 11.6 Å². The molecule has 3 nitrogen and oxygen atoms in total. The summed E-state index contributed by atoms with van der Waals surface area (Å²) in [5, 5.41) is 0.432. The Bertz CT molecular complexity index is 483. The fourth-order valence-corrected chi connectivity index (χ4v) is 2.17. The summed E-state index contributed by atoms with van der Waals surface area (Å²) in [4.78, 5) is 12.4. The van der Waals surface area contributed by atoms with E-state index in [-0.39, 0.29) is 17.6 Å². The second kappa shape index (κ2) is 5.83. The van der Waals surface area contributed by atoms with Crippen molar-refractivity contribution in [1.29, 1.82) is 0 Å². The van der Waals surface area contributed by atoms with E-state index < -0.39 is 0 Å². The first-order chi connectivity index (χ1) is 9.00. The molecule has 0 radical (unpaired) electrons. The van der Waals surface area contributed by atoms with Gasteiger partial charge in [0.05, 0.1) is 18.2 Å². The molecule has 4 heteroatoms. The lowest BCUT2D eigenvalue weighted by molar-refractivity contribution is 0.0899. The van der Waals surface area contributed by atoms with Crippen LogP contribution in [0.4, 0.5) is 0 Å². The van der Waals surface area contributed by atoms with Gasteiger partial charge in [-0.2, -0.15) is 0 Å². The third-order valence-corrected chi connectivity index (χ3v) is 3.83. The van der Waals surface area contributed by atoms with Gasteiger partial charge in [-0.1, -0.05) is 32.4 Å². The van der Waals surface area contributed by atoms with E-state index in [2.05, 4.69) is 0 Å². The third kappa shape index (κ3) is 3.03. The van der Waals surface area contributed by atoms with Crippen molar-refractivity contribution in [3.8, 4) is 11.5 Å². The van der Waals surface area contributed by atoms with Crippen LogP contribution < -0.4 is 9.47 Å². The molecule has 1 heterocycles. The zero-order valence-corrected chi connectivity index (χ0v) is 12.3. The van der Waals surface area contributed by atoms with Crippen LogP contribution in [0.25, 0.3) is 0 Å². The van der Waals surface area contributed by atoms with Gasteiger partial charge in [0.1, 0.15) is 0 Å². The molecule has 0 saturated carbocycles. The lowest BCUT2D eigenvalue weighted by Crippen LogP contribution is -2.17. The molecule has 1 aromatic rings. The topological polar surface area (TPSA) is 35.5 Å². The molecule has 19 heavy (non-hydrogen) atoms. The summed E-state index contributed by atoms with van der Waals surface area (Å²) in [5.41, 5.74) is 0.520. The molecule has 0 spiro atoms. The molecule has 1 atom stereocenters. The maximum absolute atomic E-state index is 12.4. The normalized spacial score (nSPS) is 16.1. The molecule has 1 aromatic carbocycles. The van der Waals surface area contributed by atoms with Crippen molar-refractivity contribution >= 4 is 17.4 Å². The smallest absolute Gasteiger partial charge is 0.167 e. The number of carbonyl (C=O) groups is 1. The van der Waals surface area contributed by atoms with Gasteiger partial charge in [0.2, 0.25) is 0 Å². The number of ether oxygens (including phenoxy) is 2. The number of hydrogen-bond acceptors (Lipinski definition) is 3. The van der Waals surface area contributed by atoms with E-state index in [1.165, 1.54) is 0 Å². The summed E-state index contributed by atoms with van der Waals surface area (Å²) < 4.78 is 11.1. The third-order valence-electron chi connectivity index (χ3n) is 3.52. The average molecular weight is 283 g/mol. The quantitative estimate of drug-likeness (QED) is 0.787. The Morgan fingerprint density at radius 3 is 2.32 bits per heavy atom. The van der Waals surface area contributed by atoms with Gasteiger partial charge < -0.3 is 9.47 Å². The van der Waals surface area contributed by atoms with Crippen molar-refractivity contribution in [1.82, 2.24) is 0 Å². The Morgan fingerprint density at radius 2 is 1.74 bits per heavy atom. The minimum Gasteiger partial charge on any atom is -0.490 e. The molecule has 0 saturated heterocycles. The first kappa shape index (κ1) is 14.2. The molecule has 0 N–H and O–H groups in total. The fourth-order valence-electron chi connectivity index (χ4n) is 1.92. The molecular weight excluding hydrogens is 264 g/mol. The number of ketones is 1. The summed E-state index contributed by atoms with van der Waals surface area (Å²) in [7, 11) is 0. The van der Waals surface area contributed by atoms with Gasteiger partial charge in [-0.05, 0) is 12.0 Å². The predicted molar refractivity (Wildman–Crippen MR) is 75.4 cm³/mol. The van der Waals surface area contributed by atoms with Crippen LogP contribution in [0.3, 0.4) is 0 Å². The van der Waals surface area contributed by atoms with Crippen LogP contribution in [-0.2, 0) is 0 Å². The van der Waals surface area contributed by atoms with Crippen molar-refractivity contribution in [3.63, 3.8) is 0 Å². The minimum absolute atomic E-state index is 0.0515. The van der Waals surface area contributed by atoms with Gasteiger partial charge in [0.15, 0.2) is 17.3 Å².